The largest absolute Gasteiger partial charge is 0.444 e. The van der Waals surface area contributed by atoms with Crippen LogP contribution in [0.4, 0.5) is 32.3 Å². The van der Waals surface area contributed by atoms with Crippen molar-refractivity contribution in [3.05, 3.63) is 70.6 Å². The first-order valence-electron chi connectivity index (χ1n) is 13.6. The van der Waals surface area contributed by atoms with E-state index in [9.17, 15) is 4.79 Å². The van der Waals surface area contributed by atoms with Gasteiger partial charge in [-0.25, -0.2) is 14.2 Å². The van der Waals surface area contributed by atoms with Gasteiger partial charge in [0.15, 0.2) is 0 Å². The smallest absolute Gasteiger partial charge is 0.410 e. The third-order valence-electron chi connectivity index (χ3n) is 7.09. The number of carbonyl (C=O) groups is 1. The third-order valence-corrected chi connectivity index (χ3v) is 7.42. The SMILES string of the molecule is CC(C)(C)OC(=O)N1CCN(c2ccc(Nc3ncc4c(n3)N3CCN=C3C(c3ccccc3Cl)=C4)c(F)c2)CC1. The van der Waals surface area contributed by atoms with Crippen LogP contribution in [0.5, 0.6) is 0 Å². The van der Waals surface area contributed by atoms with E-state index >= 15 is 4.39 Å². The molecule has 0 bridgehead atoms. The van der Waals surface area contributed by atoms with Crippen LogP contribution in [0.3, 0.4) is 0 Å². The molecule has 3 aliphatic heterocycles. The number of hydrogen-bond donors (Lipinski definition) is 1. The fourth-order valence-electron chi connectivity index (χ4n) is 5.14. The van der Waals surface area contributed by atoms with E-state index in [2.05, 4.69) is 20.1 Å². The summed E-state index contributed by atoms with van der Waals surface area (Å²) < 4.78 is 20.7. The van der Waals surface area contributed by atoms with E-state index in [1.807, 2.05) is 57.2 Å². The summed E-state index contributed by atoms with van der Waals surface area (Å²) in [6.45, 7) is 9.06. The lowest BCUT2D eigenvalue weighted by molar-refractivity contribution is 0.0240. The molecule has 1 aromatic heterocycles. The average Bonchev–Trinajstić information content (AvgIpc) is 3.44. The highest BCUT2D eigenvalue weighted by molar-refractivity contribution is 6.40. The molecule has 1 fully saturated rings. The Morgan fingerprint density at radius 2 is 1.85 bits per heavy atom. The summed E-state index contributed by atoms with van der Waals surface area (Å²) in [7, 11) is 0. The van der Waals surface area contributed by atoms with Gasteiger partial charge in [-0.2, -0.15) is 4.98 Å². The van der Waals surface area contributed by atoms with Gasteiger partial charge in [0.05, 0.1) is 12.2 Å². The van der Waals surface area contributed by atoms with E-state index in [1.54, 1.807) is 17.2 Å². The number of aliphatic imine (C=N–C) groups is 1. The van der Waals surface area contributed by atoms with Crippen LogP contribution < -0.4 is 15.1 Å². The summed E-state index contributed by atoms with van der Waals surface area (Å²) in [5.74, 6) is 1.41. The summed E-state index contributed by atoms with van der Waals surface area (Å²) >= 11 is 6.49. The van der Waals surface area contributed by atoms with E-state index in [4.69, 9.17) is 26.3 Å². The van der Waals surface area contributed by atoms with Crippen LogP contribution in [-0.4, -0.2) is 71.7 Å². The van der Waals surface area contributed by atoms with Crippen LogP contribution in [0.2, 0.25) is 5.02 Å². The molecule has 0 aliphatic carbocycles. The predicted octanol–water partition coefficient (Wildman–Crippen LogP) is 5.84. The molecule has 4 heterocycles. The van der Waals surface area contributed by atoms with Crippen molar-refractivity contribution in [2.45, 2.75) is 26.4 Å². The number of benzene rings is 2. The van der Waals surface area contributed by atoms with Gasteiger partial charge in [-0.1, -0.05) is 29.8 Å². The second-order valence-electron chi connectivity index (χ2n) is 11.1. The molecule has 3 aliphatic rings. The molecule has 0 atom stereocenters. The molecule has 0 unspecified atom stereocenters. The van der Waals surface area contributed by atoms with E-state index in [0.717, 1.165) is 34.0 Å². The van der Waals surface area contributed by atoms with Crippen molar-refractivity contribution in [3.63, 3.8) is 0 Å². The molecule has 6 rings (SSSR count). The summed E-state index contributed by atoms with van der Waals surface area (Å²) in [5, 5.41) is 3.69. The van der Waals surface area contributed by atoms with Gasteiger partial charge in [0.1, 0.15) is 23.1 Å². The molecule has 212 valence electrons. The van der Waals surface area contributed by atoms with Crippen molar-refractivity contribution in [2.75, 3.05) is 54.4 Å². The zero-order valence-corrected chi connectivity index (χ0v) is 24.0. The molecule has 11 heteroatoms. The van der Waals surface area contributed by atoms with Gasteiger partial charge < -0.3 is 24.8 Å². The van der Waals surface area contributed by atoms with Crippen molar-refractivity contribution in [1.29, 1.82) is 0 Å². The van der Waals surface area contributed by atoms with Crippen LogP contribution in [0.1, 0.15) is 31.9 Å². The van der Waals surface area contributed by atoms with Crippen LogP contribution >= 0.6 is 11.6 Å². The number of anilines is 4. The normalized spacial score (nSPS) is 16.6. The average molecular weight is 576 g/mol. The summed E-state index contributed by atoms with van der Waals surface area (Å²) in [5.41, 5.74) is 3.16. The molecule has 2 aromatic carbocycles. The molecule has 0 spiro atoms. The highest BCUT2D eigenvalue weighted by atomic mass is 35.5. The first kappa shape index (κ1) is 27.0. The Kier molecular flexibility index (Phi) is 7.03. The summed E-state index contributed by atoms with van der Waals surface area (Å²) in [6, 6.07) is 12.7. The van der Waals surface area contributed by atoms with Crippen molar-refractivity contribution in [3.8, 4) is 0 Å². The fraction of sp³-hybridized carbons (Fsp3) is 0.333. The first-order chi connectivity index (χ1) is 19.7. The number of aromatic nitrogens is 2. The van der Waals surface area contributed by atoms with Crippen LogP contribution in [-0.2, 0) is 4.74 Å². The van der Waals surface area contributed by atoms with Gasteiger partial charge in [0.2, 0.25) is 5.95 Å². The van der Waals surface area contributed by atoms with Gasteiger partial charge in [0.25, 0.3) is 0 Å². The molecule has 1 saturated heterocycles. The Labute approximate surface area is 243 Å². The maximum absolute atomic E-state index is 15.2. The minimum absolute atomic E-state index is 0.277. The Morgan fingerprint density at radius 3 is 2.59 bits per heavy atom. The number of rotatable bonds is 4. The van der Waals surface area contributed by atoms with E-state index < -0.39 is 11.4 Å². The Bertz CT molecular complexity index is 1560. The van der Waals surface area contributed by atoms with E-state index in [0.29, 0.717) is 50.2 Å². The van der Waals surface area contributed by atoms with Crippen LogP contribution in [0.15, 0.2) is 53.7 Å². The number of ether oxygens (including phenoxy) is 1. The number of amides is 1. The number of nitrogens with one attached hydrogen (secondary N) is 1. The van der Waals surface area contributed by atoms with Crippen LogP contribution in [0.25, 0.3) is 11.6 Å². The topological polar surface area (TPSA) is 86.2 Å². The second-order valence-corrected chi connectivity index (χ2v) is 11.5. The number of carbonyl (C=O) groups excluding carboxylic acids is 1. The van der Waals surface area contributed by atoms with Gasteiger partial charge in [-0.05, 0) is 51.1 Å². The fourth-order valence-corrected chi connectivity index (χ4v) is 5.38. The standard InChI is InChI=1S/C30H31ClFN7O2/c1-30(2,3)41-29(40)38-14-12-37(13-15-38)20-8-9-25(24(32)17-20)35-28-34-18-19-16-22(21-6-4-5-7-23(21)31)27-33-10-11-39(27)26(19)36-28/h4-9,16-18H,10-15H2,1-3H3,(H,34,35,36). The highest BCUT2D eigenvalue weighted by Gasteiger charge is 2.31. The third kappa shape index (κ3) is 5.56. The Balaban J connectivity index is 1.17. The molecule has 1 amide bonds. The quantitative estimate of drug-likeness (QED) is 0.418. The number of piperazine rings is 1. The number of nitrogens with zero attached hydrogens (tertiary/aromatic N) is 6. The summed E-state index contributed by atoms with van der Waals surface area (Å²) in [4.78, 5) is 32.1. The van der Waals surface area contributed by atoms with E-state index in [-0.39, 0.29) is 11.8 Å². The molecule has 41 heavy (non-hydrogen) atoms. The minimum Gasteiger partial charge on any atom is -0.444 e. The van der Waals surface area contributed by atoms with Crippen molar-refractivity contribution >= 4 is 58.3 Å². The van der Waals surface area contributed by atoms with Gasteiger partial charge in [0, 0.05) is 66.3 Å². The number of hydrogen-bond acceptors (Lipinski definition) is 8. The zero-order valence-electron chi connectivity index (χ0n) is 23.2. The number of amidine groups is 1. The van der Waals surface area contributed by atoms with Gasteiger partial charge in [-0.3, -0.25) is 4.99 Å². The maximum atomic E-state index is 15.2. The molecule has 0 saturated carbocycles. The lowest BCUT2D eigenvalue weighted by Gasteiger charge is -2.36. The van der Waals surface area contributed by atoms with Crippen molar-refractivity contribution in [2.24, 2.45) is 4.99 Å². The minimum atomic E-state index is -0.539. The molecule has 9 nitrogen and oxygen atoms in total. The molecule has 3 aromatic rings. The highest BCUT2D eigenvalue weighted by Crippen LogP contribution is 2.37. The monoisotopic (exact) mass is 575 g/mol. The van der Waals surface area contributed by atoms with Crippen LogP contribution in [0, 0.1) is 5.82 Å². The lowest BCUT2D eigenvalue weighted by atomic mass is 9.98. The van der Waals surface area contributed by atoms with Crippen molar-refractivity contribution < 1.29 is 13.9 Å². The molecular formula is C30H31ClFN7O2. The number of halogens is 2. The second kappa shape index (κ2) is 10.7. The zero-order chi connectivity index (χ0) is 28.7. The first-order valence-corrected chi connectivity index (χ1v) is 14.0. The Hall–Kier alpha value is -4.18. The predicted molar refractivity (Wildman–Crippen MR) is 161 cm³/mol. The number of fused-ring (bicyclic) bond motifs is 3. The van der Waals surface area contributed by atoms with E-state index in [1.165, 1.54) is 6.07 Å². The lowest BCUT2D eigenvalue weighted by Crippen LogP contribution is -2.50. The molecule has 1 N–H and O–H groups in total. The Morgan fingerprint density at radius 1 is 1.07 bits per heavy atom. The van der Waals surface area contributed by atoms with Crippen molar-refractivity contribution in [1.82, 2.24) is 14.9 Å². The van der Waals surface area contributed by atoms with Gasteiger partial charge >= 0.3 is 6.09 Å². The molecular weight excluding hydrogens is 545 g/mol. The molecule has 0 radical (unpaired) electrons. The summed E-state index contributed by atoms with van der Waals surface area (Å²) in [6.07, 6.45) is 3.40. The van der Waals surface area contributed by atoms with Gasteiger partial charge in [-0.15, -0.1) is 0 Å². The maximum Gasteiger partial charge on any atom is 0.410 e.